The van der Waals surface area contributed by atoms with Gasteiger partial charge in [-0.15, -0.1) is 0 Å². The normalized spacial score (nSPS) is 13.7. The zero-order valence-corrected chi connectivity index (χ0v) is 12.5. The van der Waals surface area contributed by atoms with Crippen molar-refractivity contribution in [2.45, 2.75) is 5.25 Å². The van der Waals surface area contributed by atoms with Gasteiger partial charge in [0.05, 0.1) is 0 Å². The molecule has 3 rings (SSSR count). The second-order valence-corrected chi connectivity index (χ2v) is 5.98. The van der Waals surface area contributed by atoms with Crippen LogP contribution in [0.3, 0.4) is 0 Å². The quantitative estimate of drug-likeness (QED) is 0.585. The molecule has 0 aliphatic heterocycles. The number of fused-ring (bicyclic) bond motifs is 1. The summed E-state index contributed by atoms with van der Waals surface area (Å²) in [4.78, 5) is 12.7. The fourth-order valence-corrected chi connectivity index (χ4v) is 3.32. The van der Waals surface area contributed by atoms with Crippen LogP contribution in [-0.4, -0.2) is 14.5 Å². The summed E-state index contributed by atoms with van der Waals surface area (Å²) in [6.45, 7) is 0. The van der Waals surface area contributed by atoms with Crippen LogP contribution in [0, 0.1) is 0 Å². The van der Waals surface area contributed by atoms with Gasteiger partial charge in [0.25, 0.3) is 0 Å². The third-order valence-electron chi connectivity index (χ3n) is 3.60. The molecule has 0 aliphatic carbocycles. The highest BCUT2D eigenvalue weighted by Crippen LogP contribution is 2.30. The van der Waals surface area contributed by atoms with Crippen LogP contribution in [0.4, 0.5) is 0 Å². The van der Waals surface area contributed by atoms with E-state index in [0.717, 1.165) is 10.8 Å². The molecule has 3 nitrogen and oxygen atoms in total. The Labute approximate surface area is 130 Å². The van der Waals surface area contributed by atoms with Gasteiger partial charge >= 0.3 is 0 Å². The van der Waals surface area contributed by atoms with Gasteiger partial charge in [0, 0.05) is 5.56 Å². The molecule has 0 fully saturated rings. The second-order valence-electron chi connectivity index (χ2n) is 4.95. The number of Topliss-reactive ketones (excluding diaryl/α,β-unsaturated/α-hetero) is 1. The summed E-state index contributed by atoms with van der Waals surface area (Å²) in [7, 11) is 0. The summed E-state index contributed by atoms with van der Waals surface area (Å²) in [6, 6.07) is 21.6. The van der Waals surface area contributed by atoms with Crippen LogP contribution < -0.4 is 0 Å². The van der Waals surface area contributed by atoms with Crippen molar-refractivity contribution in [2.75, 3.05) is 0 Å². The standard InChI is InChI=1S/C18H14O3S/c19-17(14-8-2-1-3-9-14)18(22(20)21)16-12-6-10-13-7-4-5-11-15(13)16/h1-12,18H,(H,20,21). The summed E-state index contributed by atoms with van der Waals surface area (Å²) < 4.78 is 21.6. The molecule has 0 aromatic heterocycles. The minimum atomic E-state index is -2.29. The van der Waals surface area contributed by atoms with Gasteiger partial charge in [-0.25, -0.2) is 4.21 Å². The van der Waals surface area contributed by atoms with Gasteiger partial charge in [-0.3, -0.25) is 4.79 Å². The number of benzene rings is 3. The zero-order valence-electron chi connectivity index (χ0n) is 11.7. The van der Waals surface area contributed by atoms with Gasteiger partial charge in [0.1, 0.15) is 5.25 Å². The first kappa shape index (κ1) is 14.6. The highest BCUT2D eigenvalue weighted by molar-refractivity contribution is 7.80. The largest absolute Gasteiger partial charge is 0.305 e. The summed E-state index contributed by atoms with van der Waals surface area (Å²) in [5.41, 5.74) is 1.01. The fourth-order valence-electron chi connectivity index (χ4n) is 2.57. The molecule has 3 aromatic rings. The molecule has 0 amide bonds. The van der Waals surface area contributed by atoms with Crippen molar-refractivity contribution in [3.63, 3.8) is 0 Å². The topological polar surface area (TPSA) is 54.4 Å². The lowest BCUT2D eigenvalue weighted by Crippen LogP contribution is -2.18. The Morgan fingerprint density at radius 1 is 0.864 bits per heavy atom. The van der Waals surface area contributed by atoms with E-state index in [4.69, 9.17) is 0 Å². The SMILES string of the molecule is O=C(c1ccccc1)C(c1cccc2ccccc12)S(=O)O. The van der Waals surface area contributed by atoms with Crippen LogP contribution in [0.2, 0.25) is 0 Å². The Hall–Kier alpha value is -2.30. The van der Waals surface area contributed by atoms with Crippen molar-refractivity contribution in [3.8, 4) is 0 Å². The van der Waals surface area contributed by atoms with Gasteiger partial charge in [0.15, 0.2) is 16.9 Å². The predicted octanol–water partition coefficient (Wildman–Crippen LogP) is 3.99. The maximum Gasteiger partial charge on any atom is 0.185 e. The fraction of sp³-hybridized carbons (Fsp3) is 0.0556. The Morgan fingerprint density at radius 3 is 2.23 bits per heavy atom. The minimum absolute atomic E-state index is 0.349. The summed E-state index contributed by atoms with van der Waals surface area (Å²) in [6.07, 6.45) is 0. The van der Waals surface area contributed by atoms with E-state index in [1.54, 1.807) is 42.5 Å². The molecule has 0 aliphatic rings. The highest BCUT2D eigenvalue weighted by Gasteiger charge is 2.28. The molecule has 2 atom stereocenters. The first-order valence-corrected chi connectivity index (χ1v) is 8.02. The van der Waals surface area contributed by atoms with Crippen molar-refractivity contribution in [1.29, 1.82) is 0 Å². The first-order valence-electron chi connectivity index (χ1n) is 6.85. The highest BCUT2D eigenvalue weighted by atomic mass is 32.2. The van der Waals surface area contributed by atoms with E-state index in [1.165, 1.54) is 0 Å². The van der Waals surface area contributed by atoms with Crippen molar-refractivity contribution >= 4 is 27.6 Å². The molecule has 0 bridgehead atoms. The van der Waals surface area contributed by atoms with E-state index >= 15 is 0 Å². The van der Waals surface area contributed by atoms with E-state index in [2.05, 4.69) is 0 Å². The van der Waals surface area contributed by atoms with E-state index in [9.17, 15) is 13.6 Å². The Balaban J connectivity index is 2.16. The number of carbonyl (C=O) groups excluding carboxylic acids is 1. The Kier molecular flexibility index (Phi) is 4.13. The van der Waals surface area contributed by atoms with Crippen LogP contribution in [-0.2, 0) is 11.1 Å². The van der Waals surface area contributed by atoms with E-state index in [0.29, 0.717) is 11.1 Å². The predicted molar refractivity (Wildman–Crippen MR) is 88.2 cm³/mol. The number of hydrogen-bond donors (Lipinski definition) is 1. The molecule has 110 valence electrons. The molecule has 3 aromatic carbocycles. The Bertz CT molecular complexity index is 838. The van der Waals surface area contributed by atoms with Gasteiger partial charge in [-0.05, 0) is 16.3 Å². The lowest BCUT2D eigenvalue weighted by Gasteiger charge is -2.15. The smallest absolute Gasteiger partial charge is 0.185 e. The Morgan fingerprint density at radius 2 is 1.50 bits per heavy atom. The number of carbonyl (C=O) groups is 1. The van der Waals surface area contributed by atoms with Gasteiger partial charge < -0.3 is 4.55 Å². The van der Waals surface area contributed by atoms with E-state index < -0.39 is 16.3 Å². The average Bonchev–Trinajstić information content (AvgIpc) is 2.56. The molecule has 4 heteroatoms. The van der Waals surface area contributed by atoms with Crippen molar-refractivity contribution in [3.05, 3.63) is 83.9 Å². The van der Waals surface area contributed by atoms with E-state index in [1.807, 2.05) is 30.3 Å². The van der Waals surface area contributed by atoms with Crippen molar-refractivity contribution < 1.29 is 13.6 Å². The molecular formula is C18H14O3S. The molecule has 1 N–H and O–H groups in total. The number of rotatable bonds is 4. The number of ketones is 1. The lowest BCUT2D eigenvalue weighted by atomic mass is 9.97. The average molecular weight is 310 g/mol. The third kappa shape index (κ3) is 2.71. The van der Waals surface area contributed by atoms with E-state index in [-0.39, 0.29) is 5.78 Å². The van der Waals surface area contributed by atoms with Crippen LogP contribution in [0.1, 0.15) is 21.2 Å². The van der Waals surface area contributed by atoms with Gasteiger partial charge in [-0.2, -0.15) is 0 Å². The zero-order chi connectivity index (χ0) is 15.5. The molecule has 0 radical (unpaired) electrons. The summed E-state index contributed by atoms with van der Waals surface area (Å²) >= 11 is -2.29. The first-order chi connectivity index (χ1) is 10.7. The van der Waals surface area contributed by atoms with Gasteiger partial charge in [0.2, 0.25) is 0 Å². The molecule has 0 saturated carbocycles. The minimum Gasteiger partial charge on any atom is -0.305 e. The number of hydrogen-bond acceptors (Lipinski definition) is 2. The molecule has 22 heavy (non-hydrogen) atoms. The van der Waals surface area contributed by atoms with Crippen molar-refractivity contribution in [2.24, 2.45) is 0 Å². The molecule has 0 spiro atoms. The second kappa shape index (κ2) is 6.22. The lowest BCUT2D eigenvalue weighted by molar-refractivity contribution is 0.0986. The molecule has 0 saturated heterocycles. The molecule has 2 unspecified atom stereocenters. The monoisotopic (exact) mass is 310 g/mol. The maximum atomic E-state index is 12.7. The molecular weight excluding hydrogens is 296 g/mol. The van der Waals surface area contributed by atoms with Crippen LogP contribution >= 0.6 is 0 Å². The third-order valence-corrected chi connectivity index (χ3v) is 4.48. The summed E-state index contributed by atoms with van der Waals surface area (Å²) in [5.74, 6) is -0.349. The summed E-state index contributed by atoms with van der Waals surface area (Å²) in [5, 5.41) is 0.673. The van der Waals surface area contributed by atoms with Crippen LogP contribution in [0.5, 0.6) is 0 Å². The van der Waals surface area contributed by atoms with Gasteiger partial charge in [-0.1, -0.05) is 72.8 Å². The van der Waals surface area contributed by atoms with Crippen LogP contribution in [0.25, 0.3) is 10.8 Å². The van der Waals surface area contributed by atoms with Crippen LogP contribution in [0.15, 0.2) is 72.8 Å². The van der Waals surface area contributed by atoms with Crippen molar-refractivity contribution in [1.82, 2.24) is 0 Å². The molecule has 0 heterocycles. The maximum absolute atomic E-state index is 12.7.